The Morgan fingerprint density at radius 3 is 2.46 bits per heavy atom. The summed E-state index contributed by atoms with van der Waals surface area (Å²) >= 11 is 0. The lowest BCUT2D eigenvalue weighted by atomic mass is 9.83. The number of likely N-dealkylation sites (tertiary alicyclic amines) is 1. The van der Waals surface area contributed by atoms with E-state index >= 15 is 0 Å². The van der Waals surface area contributed by atoms with Crippen molar-refractivity contribution in [3.63, 3.8) is 0 Å². The van der Waals surface area contributed by atoms with Crippen LogP contribution >= 0.6 is 0 Å². The van der Waals surface area contributed by atoms with E-state index in [4.69, 9.17) is 0 Å². The molecule has 0 bridgehead atoms. The second-order valence-electron chi connectivity index (χ2n) is 9.25. The van der Waals surface area contributed by atoms with Gasteiger partial charge in [-0.05, 0) is 66.6 Å². The fourth-order valence-corrected chi connectivity index (χ4v) is 4.72. The Balaban J connectivity index is 1.72. The van der Waals surface area contributed by atoms with E-state index < -0.39 is 17.7 Å². The number of alkyl halides is 3. The summed E-state index contributed by atoms with van der Waals surface area (Å²) in [4.78, 5) is 17.6. The van der Waals surface area contributed by atoms with Gasteiger partial charge in [-0.15, -0.1) is 0 Å². The Kier molecular flexibility index (Phi) is 7.79. The number of aliphatic carboxylic acids is 1. The minimum absolute atomic E-state index is 0.0136. The highest BCUT2D eigenvalue weighted by Gasteiger charge is 2.36. The molecule has 0 unspecified atom stereocenters. The fraction of sp³-hybridized carbons (Fsp3) is 0.321. The average molecular weight is 509 g/mol. The number of allylic oxidation sites excluding steroid dienone is 1. The monoisotopic (exact) mass is 508 g/mol. The molecule has 0 spiro atoms. The van der Waals surface area contributed by atoms with Gasteiger partial charge in [0.1, 0.15) is 12.7 Å². The lowest BCUT2D eigenvalue weighted by Crippen LogP contribution is -2.39. The lowest BCUT2D eigenvalue weighted by molar-refractivity contribution is -0.139. The first-order chi connectivity index (χ1) is 17.6. The molecule has 1 aromatic heterocycles. The van der Waals surface area contributed by atoms with Gasteiger partial charge in [0.15, 0.2) is 0 Å². The van der Waals surface area contributed by atoms with Gasteiger partial charge in [0.05, 0.1) is 17.3 Å². The number of benzene rings is 2. The number of piperidine rings is 1. The van der Waals surface area contributed by atoms with E-state index in [1.54, 1.807) is 11.0 Å². The van der Waals surface area contributed by atoms with Gasteiger partial charge in [0.25, 0.3) is 0 Å². The summed E-state index contributed by atoms with van der Waals surface area (Å²) in [6.07, 6.45) is -0.227. The summed E-state index contributed by atoms with van der Waals surface area (Å²) in [7, 11) is 0. The van der Waals surface area contributed by atoms with E-state index in [1.807, 2.05) is 31.2 Å². The molecule has 37 heavy (non-hydrogen) atoms. The summed E-state index contributed by atoms with van der Waals surface area (Å²) in [6, 6.07) is 12.2. The number of hydrogen-bond donors (Lipinski definition) is 1. The molecule has 1 fully saturated rings. The highest BCUT2D eigenvalue weighted by Crippen LogP contribution is 2.41. The number of rotatable bonds is 6. The van der Waals surface area contributed by atoms with Crippen LogP contribution < -0.4 is 0 Å². The van der Waals surface area contributed by atoms with E-state index in [-0.39, 0.29) is 24.4 Å². The maximum atomic E-state index is 13.2. The first-order valence-corrected chi connectivity index (χ1v) is 11.9. The predicted molar refractivity (Wildman–Crippen MR) is 133 cm³/mol. The zero-order valence-corrected chi connectivity index (χ0v) is 20.3. The highest BCUT2D eigenvalue weighted by atomic mass is 19.4. The largest absolute Gasteiger partial charge is 0.481 e. The summed E-state index contributed by atoms with van der Waals surface area (Å²) in [6.45, 7) is 6.24. The van der Waals surface area contributed by atoms with Gasteiger partial charge in [0, 0.05) is 19.0 Å². The van der Waals surface area contributed by atoms with Crippen LogP contribution in [0.5, 0.6) is 0 Å². The molecule has 9 heteroatoms. The minimum atomic E-state index is -4.43. The van der Waals surface area contributed by atoms with E-state index in [1.165, 1.54) is 18.5 Å². The molecular weight excluding hydrogens is 481 g/mol. The van der Waals surface area contributed by atoms with Gasteiger partial charge in [-0.3, -0.25) is 9.69 Å². The lowest BCUT2D eigenvalue weighted by Gasteiger charge is -2.42. The van der Waals surface area contributed by atoms with Crippen LogP contribution in [0.4, 0.5) is 13.2 Å². The summed E-state index contributed by atoms with van der Waals surface area (Å²) in [5.41, 5.74) is 2.40. The quantitative estimate of drug-likeness (QED) is 0.424. The zero-order chi connectivity index (χ0) is 26.6. The second kappa shape index (κ2) is 11.0. The van der Waals surface area contributed by atoms with Gasteiger partial charge in [-0.2, -0.15) is 18.3 Å². The molecular formula is C28H27F3N4O2. The summed E-state index contributed by atoms with van der Waals surface area (Å²) in [5.74, 6) is 5.39. The van der Waals surface area contributed by atoms with Crippen molar-refractivity contribution in [2.45, 2.75) is 44.4 Å². The van der Waals surface area contributed by atoms with Crippen LogP contribution in [0.15, 0.2) is 73.3 Å². The number of carboxylic acid groups (broad SMARTS) is 1. The van der Waals surface area contributed by atoms with Gasteiger partial charge in [0.2, 0.25) is 0 Å². The average Bonchev–Trinajstić information content (AvgIpc) is 3.39. The Bertz CT molecular complexity index is 1290. The molecule has 2 aromatic carbocycles. The molecule has 0 aliphatic carbocycles. The van der Waals surface area contributed by atoms with E-state index in [9.17, 15) is 23.1 Å². The Morgan fingerprint density at radius 1 is 1.19 bits per heavy atom. The van der Waals surface area contributed by atoms with Crippen LogP contribution in [-0.2, 0) is 11.0 Å². The molecule has 6 nitrogen and oxygen atoms in total. The van der Waals surface area contributed by atoms with Crippen molar-refractivity contribution < 1.29 is 23.1 Å². The molecule has 1 aliphatic rings. The normalized spacial score (nSPS) is 19.0. The smallest absolute Gasteiger partial charge is 0.416 e. The van der Waals surface area contributed by atoms with Crippen LogP contribution in [0.25, 0.3) is 5.69 Å². The molecule has 3 atom stereocenters. The molecule has 0 amide bonds. The van der Waals surface area contributed by atoms with E-state index in [2.05, 4.69) is 33.4 Å². The van der Waals surface area contributed by atoms with Crippen molar-refractivity contribution in [3.8, 4) is 17.5 Å². The highest BCUT2D eigenvalue weighted by molar-refractivity contribution is 5.67. The molecule has 2 heterocycles. The minimum Gasteiger partial charge on any atom is -0.481 e. The standard InChI is InChI=1S/C28H27F3N4O2/c1-19(2)3-12-25(21-6-10-24(11-7-21)35-18-32-17-33-35)34-14-13-20(16-27(36)37)15-26(34)22-4-8-23(9-5-22)28(29,30)31/h4-11,17-18,20,25-26H,1,13-16H2,2H3,(H,36,37)/t20-,25-,26+/m1/s1. The van der Waals surface area contributed by atoms with Gasteiger partial charge < -0.3 is 5.11 Å². The van der Waals surface area contributed by atoms with Crippen LogP contribution in [0.3, 0.4) is 0 Å². The van der Waals surface area contributed by atoms with Gasteiger partial charge in [-0.1, -0.05) is 42.7 Å². The summed E-state index contributed by atoms with van der Waals surface area (Å²) < 4.78 is 41.2. The molecule has 1 aliphatic heterocycles. The first-order valence-electron chi connectivity index (χ1n) is 11.9. The maximum absolute atomic E-state index is 13.2. The topological polar surface area (TPSA) is 71.2 Å². The third-order valence-electron chi connectivity index (χ3n) is 6.48. The molecule has 0 radical (unpaired) electrons. The molecule has 4 rings (SSSR count). The third kappa shape index (κ3) is 6.46. The third-order valence-corrected chi connectivity index (χ3v) is 6.48. The number of carboxylic acids is 1. The molecule has 3 aromatic rings. The molecule has 1 N–H and O–H groups in total. The van der Waals surface area contributed by atoms with E-state index in [0.717, 1.165) is 23.4 Å². The van der Waals surface area contributed by atoms with E-state index in [0.29, 0.717) is 30.5 Å². The summed E-state index contributed by atoms with van der Waals surface area (Å²) in [5, 5.41) is 13.5. The maximum Gasteiger partial charge on any atom is 0.416 e. The van der Waals surface area contributed by atoms with Gasteiger partial charge >= 0.3 is 12.1 Å². The molecule has 0 saturated carbocycles. The molecule has 192 valence electrons. The van der Waals surface area contributed by atoms with Gasteiger partial charge in [-0.25, -0.2) is 9.67 Å². The molecule has 1 saturated heterocycles. The Morgan fingerprint density at radius 2 is 1.89 bits per heavy atom. The number of nitrogens with zero attached hydrogens (tertiary/aromatic N) is 4. The number of halogens is 3. The number of aromatic nitrogens is 3. The van der Waals surface area contributed by atoms with Crippen molar-refractivity contribution >= 4 is 5.97 Å². The second-order valence-corrected chi connectivity index (χ2v) is 9.25. The van der Waals surface area contributed by atoms with Crippen molar-refractivity contribution in [2.24, 2.45) is 5.92 Å². The Labute approximate surface area is 213 Å². The van der Waals surface area contributed by atoms with Crippen molar-refractivity contribution in [3.05, 3.63) is 90.0 Å². The van der Waals surface area contributed by atoms with Crippen molar-refractivity contribution in [2.75, 3.05) is 6.54 Å². The van der Waals surface area contributed by atoms with Crippen LogP contribution in [0.2, 0.25) is 0 Å². The SMILES string of the molecule is C=C(C)C#C[C@H](c1ccc(-n2cncn2)cc1)N1CC[C@@H](CC(=O)O)C[C@H]1c1ccc(C(F)(F)F)cc1. The van der Waals surface area contributed by atoms with Crippen LogP contribution in [0, 0.1) is 17.8 Å². The van der Waals surface area contributed by atoms with Crippen LogP contribution in [0.1, 0.15) is 55.0 Å². The number of carbonyl (C=O) groups is 1. The zero-order valence-electron chi connectivity index (χ0n) is 20.3. The Hall–Kier alpha value is -3.90. The first kappa shape index (κ1) is 26.2. The fourth-order valence-electron chi connectivity index (χ4n) is 4.72. The van der Waals surface area contributed by atoms with Crippen molar-refractivity contribution in [1.29, 1.82) is 0 Å². The van der Waals surface area contributed by atoms with Crippen molar-refractivity contribution in [1.82, 2.24) is 19.7 Å². The predicted octanol–water partition coefficient (Wildman–Crippen LogP) is 5.83. The van der Waals surface area contributed by atoms with Crippen LogP contribution in [-0.4, -0.2) is 37.3 Å². The number of hydrogen-bond acceptors (Lipinski definition) is 4.